The molecule has 28 heavy (non-hydrogen) atoms. The third kappa shape index (κ3) is 3.85. The van der Waals surface area contributed by atoms with Gasteiger partial charge in [-0.05, 0) is 110 Å². The minimum atomic E-state index is 0. The molecule has 0 aliphatic heterocycles. The fourth-order valence-electron chi connectivity index (χ4n) is 9.27. The Kier molecular flexibility index (Phi) is 6.68. The Morgan fingerprint density at radius 1 is 0.821 bits per heavy atom. The van der Waals surface area contributed by atoms with Crippen LogP contribution in [0.2, 0.25) is 0 Å². The molecule has 4 saturated carbocycles. The van der Waals surface area contributed by atoms with Crippen molar-refractivity contribution >= 4 is 13.5 Å². The summed E-state index contributed by atoms with van der Waals surface area (Å²) in [5, 5.41) is 0. The molecule has 1 heteroatoms. The van der Waals surface area contributed by atoms with E-state index < -0.39 is 0 Å². The quantitative estimate of drug-likeness (QED) is 0.440. The van der Waals surface area contributed by atoms with Crippen molar-refractivity contribution in [3.8, 4) is 0 Å². The molecule has 0 aromatic carbocycles. The van der Waals surface area contributed by atoms with Gasteiger partial charge < -0.3 is 0 Å². The number of fused-ring (bicyclic) bond motifs is 5. The first-order valence-corrected chi connectivity index (χ1v) is 12.7. The second kappa shape index (κ2) is 8.12. The van der Waals surface area contributed by atoms with E-state index in [0.717, 1.165) is 35.5 Å². The van der Waals surface area contributed by atoms with Crippen LogP contribution in [0.15, 0.2) is 0 Å². The van der Waals surface area contributed by atoms with Crippen molar-refractivity contribution in [1.82, 2.24) is 0 Å². The predicted molar refractivity (Wildman–Crippen MR) is 128 cm³/mol. The number of hydrogen-bond acceptors (Lipinski definition) is 0. The summed E-state index contributed by atoms with van der Waals surface area (Å²) in [5.41, 5.74) is 1.88. The maximum Gasteiger partial charge on any atom is -0.0264 e. The fourth-order valence-corrected chi connectivity index (χ4v) is 9.27. The molecule has 0 nitrogen and oxygen atoms in total. The molecule has 8 atom stereocenters. The molecule has 0 aromatic heterocycles. The monoisotopic (exact) mass is 406 g/mol. The summed E-state index contributed by atoms with van der Waals surface area (Å²) in [6.45, 7) is 15.4. The van der Waals surface area contributed by atoms with Crippen molar-refractivity contribution in [3.63, 3.8) is 0 Å². The zero-order chi connectivity index (χ0) is 19.4. The Labute approximate surface area is 183 Å². The largest absolute Gasteiger partial charge is 0.197 e. The van der Waals surface area contributed by atoms with Gasteiger partial charge in [0.2, 0.25) is 0 Å². The van der Waals surface area contributed by atoms with Gasteiger partial charge in [-0.1, -0.05) is 60.8 Å². The molecule has 0 bridgehead atoms. The van der Waals surface area contributed by atoms with Gasteiger partial charge in [-0.3, -0.25) is 0 Å². The highest BCUT2D eigenvalue weighted by Gasteiger charge is 2.60. The lowest BCUT2D eigenvalue weighted by atomic mass is 9.43. The molecule has 4 aliphatic carbocycles. The summed E-state index contributed by atoms with van der Waals surface area (Å²) in [6.07, 6.45) is 18.3. The molecule has 0 aromatic rings. The fraction of sp³-hybridized carbons (Fsp3) is 1.00. The van der Waals surface area contributed by atoms with Crippen molar-refractivity contribution in [2.75, 3.05) is 0 Å². The summed E-state index contributed by atoms with van der Waals surface area (Å²) in [5.74, 6) is 6.23. The maximum atomic E-state index is 2.74. The van der Waals surface area contributed by atoms with Crippen LogP contribution in [0.5, 0.6) is 0 Å². The Morgan fingerprint density at radius 3 is 2.25 bits per heavy atom. The average Bonchev–Trinajstić information content (AvgIpc) is 2.91. The van der Waals surface area contributed by atoms with Crippen LogP contribution >= 0.6 is 13.5 Å². The second-order valence-corrected chi connectivity index (χ2v) is 13.2. The molecular weight excluding hydrogens is 356 g/mol. The molecule has 0 spiro atoms. The SMILES string of the molecule is C[C@H]1CC2C3CCC(CCCC(C)(C)C)C3(C)CC[C@@H]2C2(C)CCCCC12.S. The van der Waals surface area contributed by atoms with E-state index in [-0.39, 0.29) is 13.5 Å². The molecule has 4 fully saturated rings. The molecule has 4 rings (SSSR count). The predicted octanol–water partition coefficient (Wildman–Crippen LogP) is 8.61. The lowest BCUT2D eigenvalue weighted by Crippen LogP contribution is -2.55. The molecule has 0 amide bonds. The topological polar surface area (TPSA) is 0 Å². The second-order valence-electron chi connectivity index (χ2n) is 13.2. The highest BCUT2D eigenvalue weighted by atomic mass is 32.1. The van der Waals surface area contributed by atoms with E-state index in [0.29, 0.717) is 16.2 Å². The molecule has 164 valence electrons. The summed E-state index contributed by atoms with van der Waals surface area (Å²) < 4.78 is 0. The van der Waals surface area contributed by atoms with E-state index in [1.54, 1.807) is 38.5 Å². The van der Waals surface area contributed by atoms with Crippen LogP contribution in [0.4, 0.5) is 0 Å². The Balaban J connectivity index is 0.00000225. The zero-order valence-electron chi connectivity index (χ0n) is 19.9. The van der Waals surface area contributed by atoms with Crippen LogP contribution in [0, 0.1) is 51.8 Å². The Bertz CT molecular complexity index is 533. The van der Waals surface area contributed by atoms with Gasteiger partial charge in [-0.15, -0.1) is 0 Å². The summed E-state index contributed by atoms with van der Waals surface area (Å²) in [6, 6.07) is 0. The molecule has 0 saturated heterocycles. The lowest BCUT2D eigenvalue weighted by Gasteiger charge is -2.62. The minimum absolute atomic E-state index is 0. The van der Waals surface area contributed by atoms with E-state index in [2.05, 4.69) is 41.5 Å². The third-order valence-electron chi connectivity index (χ3n) is 10.6. The van der Waals surface area contributed by atoms with Crippen LogP contribution in [-0.2, 0) is 0 Å². The zero-order valence-corrected chi connectivity index (χ0v) is 20.9. The normalized spacial score (nSPS) is 48.2. The first-order chi connectivity index (χ1) is 12.7. The van der Waals surface area contributed by atoms with Crippen molar-refractivity contribution in [2.45, 2.75) is 119 Å². The van der Waals surface area contributed by atoms with E-state index in [1.165, 1.54) is 38.5 Å². The molecule has 0 N–H and O–H groups in total. The van der Waals surface area contributed by atoms with Crippen molar-refractivity contribution < 1.29 is 0 Å². The Morgan fingerprint density at radius 2 is 1.54 bits per heavy atom. The Hall–Kier alpha value is 0.350. The third-order valence-corrected chi connectivity index (χ3v) is 10.6. The smallest absolute Gasteiger partial charge is 0.0264 e. The van der Waals surface area contributed by atoms with Gasteiger partial charge in [0.15, 0.2) is 0 Å². The lowest BCUT2D eigenvalue weighted by molar-refractivity contribution is -0.132. The molecular formula is C27H50S. The first-order valence-electron chi connectivity index (χ1n) is 12.7. The standard InChI is InChI=1S/C27H48.H2S/c1-19-18-21-23-13-12-20(10-9-15-25(2,3)4)26(23,5)17-14-24(21)27(6)16-8-7-11-22(19)27;/h19-24H,7-18H2,1-6H3;1H2/t19-,20?,21?,22?,23?,24-,26?,27?;/m0./s1. The summed E-state index contributed by atoms with van der Waals surface area (Å²) in [7, 11) is 0. The highest BCUT2D eigenvalue weighted by molar-refractivity contribution is 7.59. The number of rotatable bonds is 3. The average molecular weight is 407 g/mol. The van der Waals surface area contributed by atoms with Crippen LogP contribution in [0.1, 0.15) is 119 Å². The van der Waals surface area contributed by atoms with Crippen LogP contribution < -0.4 is 0 Å². The summed E-state index contributed by atoms with van der Waals surface area (Å²) >= 11 is 0. The number of hydrogen-bond donors (Lipinski definition) is 0. The van der Waals surface area contributed by atoms with Crippen molar-refractivity contribution in [1.29, 1.82) is 0 Å². The molecule has 0 radical (unpaired) electrons. The van der Waals surface area contributed by atoms with Gasteiger partial charge in [0.25, 0.3) is 0 Å². The molecule has 0 heterocycles. The van der Waals surface area contributed by atoms with Gasteiger partial charge in [-0.25, -0.2) is 0 Å². The van der Waals surface area contributed by atoms with E-state index in [9.17, 15) is 0 Å². The molecule has 6 unspecified atom stereocenters. The van der Waals surface area contributed by atoms with E-state index in [4.69, 9.17) is 0 Å². The van der Waals surface area contributed by atoms with Crippen LogP contribution in [0.3, 0.4) is 0 Å². The van der Waals surface area contributed by atoms with Crippen molar-refractivity contribution in [2.24, 2.45) is 51.8 Å². The highest BCUT2D eigenvalue weighted by Crippen LogP contribution is 2.68. The van der Waals surface area contributed by atoms with Gasteiger partial charge in [-0.2, -0.15) is 13.5 Å². The van der Waals surface area contributed by atoms with Gasteiger partial charge in [0.1, 0.15) is 0 Å². The van der Waals surface area contributed by atoms with E-state index >= 15 is 0 Å². The van der Waals surface area contributed by atoms with Crippen LogP contribution in [-0.4, -0.2) is 0 Å². The van der Waals surface area contributed by atoms with Crippen molar-refractivity contribution in [3.05, 3.63) is 0 Å². The minimum Gasteiger partial charge on any atom is -0.197 e. The maximum absolute atomic E-state index is 2.74. The van der Waals surface area contributed by atoms with Crippen LogP contribution in [0.25, 0.3) is 0 Å². The van der Waals surface area contributed by atoms with Gasteiger partial charge >= 0.3 is 0 Å². The van der Waals surface area contributed by atoms with Gasteiger partial charge in [0.05, 0.1) is 0 Å². The summed E-state index contributed by atoms with van der Waals surface area (Å²) in [4.78, 5) is 0. The van der Waals surface area contributed by atoms with Gasteiger partial charge in [0, 0.05) is 0 Å². The van der Waals surface area contributed by atoms with E-state index in [1.807, 2.05) is 0 Å². The molecule has 4 aliphatic rings. The first kappa shape index (κ1) is 23.0.